The van der Waals surface area contributed by atoms with E-state index < -0.39 is 11.4 Å². The standard InChI is InChI=1S/C21H21N3O3/c25-19(23-21(20(26)24-27)12-14-22-15-13-21)18-10-8-17(9-11-18)7-6-16-4-2-1-3-5-16/h1-5,8-11,22,27H,12-15H2,(H,23,25)(H,24,26). The summed E-state index contributed by atoms with van der Waals surface area (Å²) in [5.74, 6) is 5.17. The van der Waals surface area contributed by atoms with Gasteiger partial charge in [-0.1, -0.05) is 30.0 Å². The lowest BCUT2D eigenvalue weighted by molar-refractivity contribution is -0.137. The first-order valence-corrected chi connectivity index (χ1v) is 8.78. The molecule has 0 spiro atoms. The summed E-state index contributed by atoms with van der Waals surface area (Å²) in [6.45, 7) is 1.17. The largest absolute Gasteiger partial charge is 0.337 e. The molecule has 0 atom stereocenters. The second-order valence-electron chi connectivity index (χ2n) is 6.42. The summed E-state index contributed by atoms with van der Waals surface area (Å²) in [7, 11) is 0. The number of hydroxylamine groups is 1. The van der Waals surface area contributed by atoms with Crippen molar-refractivity contribution in [2.45, 2.75) is 18.4 Å². The van der Waals surface area contributed by atoms with Crippen LogP contribution in [0, 0.1) is 11.8 Å². The lowest BCUT2D eigenvalue weighted by Gasteiger charge is -2.36. The lowest BCUT2D eigenvalue weighted by atomic mass is 9.87. The molecule has 0 saturated carbocycles. The Balaban J connectivity index is 1.72. The first-order valence-electron chi connectivity index (χ1n) is 8.78. The van der Waals surface area contributed by atoms with Gasteiger partial charge in [-0.25, -0.2) is 5.48 Å². The van der Waals surface area contributed by atoms with Gasteiger partial charge in [0.05, 0.1) is 0 Å². The fraction of sp³-hybridized carbons (Fsp3) is 0.238. The minimum absolute atomic E-state index is 0.358. The Hall–Kier alpha value is -3.14. The van der Waals surface area contributed by atoms with Gasteiger partial charge >= 0.3 is 0 Å². The Labute approximate surface area is 157 Å². The molecule has 6 heteroatoms. The average Bonchev–Trinajstić information content (AvgIpc) is 2.73. The van der Waals surface area contributed by atoms with Crippen molar-refractivity contribution in [1.82, 2.24) is 16.1 Å². The molecule has 0 radical (unpaired) electrons. The molecule has 0 bridgehead atoms. The van der Waals surface area contributed by atoms with Crippen LogP contribution in [-0.4, -0.2) is 35.7 Å². The Morgan fingerprint density at radius 2 is 1.52 bits per heavy atom. The average molecular weight is 363 g/mol. The van der Waals surface area contributed by atoms with Gasteiger partial charge in [-0.3, -0.25) is 14.8 Å². The van der Waals surface area contributed by atoms with E-state index >= 15 is 0 Å². The highest BCUT2D eigenvalue weighted by atomic mass is 16.5. The fourth-order valence-electron chi connectivity index (χ4n) is 3.03. The van der Waals surface area contributed by atoms with E-state index in [2.05, 4.69) is 22.5 Å². The summed E-state index contributed by atoms with van der Waals surface area (Å²) in [6, 6.07) is 16.5. The van der Waals surface area contributed by atoms with Gasteiger partial charge in [-0.05, 0) is 62.3 Å². The second-order valence-corrected chi connectivity index (χ2v) is 6.42. The monoisotopic (exact) mass is 363 g/mol. The summed E-state index contributed by atoms with van der Waals surface area (Å²) >= 11 is 0. The van der Waals surface area contributed by atoms with E-state index in [-0.39, 0.29) is 5.91 Å². The predicted octanol–water partition coefficient (Wildman–Crippen LogP) is 1.44. The van der Waals surface area contributed by atoms with Gasteiger partial charge in [0.25, 0.3) is 11.8 Å². The maximum atomic E-state index is 12.6. The summed E-state index contributed by atoms with van der Waals surface area (Å²) in [6.07, 6.45) is 0.817. The van der Waals surface area contributed by atoms with Crippen LogP contribution in [0.25, 0.3) is 0 Å². The van der Waals surface area contributed by atoms with E-state index in [1.807, 2.05) is 30.3 Å². The van der Waals surface area contributed by atoms with Gasteiger partial charge in [0.2, 0.25) is 0 Å². The van der Waals surface area contributed by atoms with E-state index in [9.17, 15) is 9.59 Å². The maximum absolute atomic E-state index is 12.6. The van der Waals surface area contributed by atoms with Crippen LogP contribution in [0.15, 0.2) is 54.6 Å². The van der Waals surface area contributed by atoms with Crippen LogP contribution in [0.4, 0.5) is 0 Å². The Kier molecular flexibility index (Phi) is 5.87. The van der Waals surface area contributed by atoms with Crippen LogP contribution in [0.2, 0.25) is 0 Å². The zero-order valence-electron chi connectivity index (χ0n) is 14.8. The summed E-state index contributed by atoms with van der Waals surface area (Å²) < 4.78 is 0. The molecule has 1 saturated heterocycles. The summed E-state index contributed by atoms with van der Waals surface area (Å²) in [5, 5.41) is 15.0. The highest BCUT2D eigenvalue weighted by Gasteiger charge is 2.41. The topological polar surface area (TPSA) is 90.5 Å². The van der Waals surface area contributed by atoms with Crippen molar-refractivity contribution in [3.63, 3.8) is 0 Å². The molecule has 1 fully saturated rings. The normalized spacial score (nSPS) is 15.1. The van der Waals surface area contributed by atoms with Crippen LogP contribution in [0.5, 0.6) is 0 Å². The van der Waals surface area contributed by atoms with E-state index in [0.717, 1.165) is 11.1 Å². The highest BCUT2D eigenvalue weighted by Crippen LogP contribution is 2.19. The summed E-state index contributed by atoms with van der Waals surface area (Å²) in [5.41, 5.74) is 2.71. The first-order chi connectivity index (χ1) is 13.1. The number of hydrogen-bond donors (Lipinski definition) is 4. The second kappa shape index (κ2) is 8.49. The van der Waals surface area contributed by atoms with Gasteiger partial charge in [0, 0.05) is 16.7 Å². The number of benzene rings is 2. The van der Waals surface area contributed by atoms with Gasteiger partial charge < -0.3 is 10.6 Å². The number of amides is 2. The molecule has 6 nitrogen and oxygen atoms in total. The number of nitrogens with one attached hydrogen (secondary N) is 3. The molecule has 1 aliphatic rings. The Morgan fingerprint density at radius 3 is 2.11 bits per heavy atom. The Morgan fingerprint density at radius 1 is 0.926 bits per heavy atom. The SMILES string of the molecule is O=C(NC1(C(=O)NO)CCNCC1)c1ccc(C#Cc2ccccc2)cc1. The van der Waals surface area contributed by atoms with Crippen molar-refractivity contribution < 1.29 is 14.8 Å². The quantitative estimate of drug-likeness (QED) is 0.377. The fourth-order valence-corrected chi connectivity index (χ4v) is 3.03. The molecular formula is C21H21N3O3. The van der Waals surface area contributed by atoms with Crippen LogP contribution in [0.3, 0.4) is 0 Å². The molecule has 0 aliphatic carbocycles. The lowest BCUT2D eigenvalue weighted by Crippen LogP contribution is -2.62. The molecule has 0 unspecified atom stereocenters. The number of piperidine rings is 1. The van der Waals surface area contributed by atoms with Crippen molar-refractivity contribution in [1.29, 1.82) is 0 Å². The Bertz CT molecular complexity index is 861. The minimum Gasteiger partial charge on any atom is -0.337 e. The number of rotatable bonds is 3. The van der Waals surface area contributed by atoms with Crippen LogP contribution >= 0.6 is 0 Å². The van der Waals surface area contributed by atoms with Crippen molar-refractivity contribution in [2.75, 3.05) is 13.1 Å². The molecule has 2 amide bonds. The molecule has 2 aromatic rings. The van der Waals surface area contributed by atoms with E-state index in [0.29, 0.717) is 31.5 Å². The van der Waals surface area contributed by atoms with Crippen molar-refractivity contribution in [3.8, 4) is 11.8 Å². The van der Waals surface area contributed by atoms with Crippen LogP contribution in [-0.2, 0) is 4.79 Å². The third-order valence-corrected chi connectivity index (χ3v) is 4.62. The van der Waals surface area contributed by atoms with Crippen molar-refractivity contribution in [2.24, 2.45) is 0 Å². The molecule has 138 valence electrons. The van der Waals surface area contributed by atoms with Crippen molar-refractivity contribution >= 4 is 11.8 Å². The van der Waals surface area contributed by atoms with Crippen LogP contribution in [0.1, 0.15) is 34.3 Å². The van der Waals surface area contributed by atoms with Gasteiger partial charge in [0.15, 0.2) is 0 Å². The number of carbonyl (C=O) groups is 2. The van der Waals surface area contributed by atoms with Gasteiger partial charge in [-0.2, -0.15) is 0 Å². The molecule has 1 aliphatic heterocycles. The maximum Gasteiger partial charge on any atom is 0.269 e. The molecule has 0 aromatic heterocycles. The van der Waals surface area contributed by atoms with Crippen LogP contribution < -0.4 is 16.1 Å². The van der Waals surface area contributed by atoms with E-state index in [1.165, 1.54) is 0 Å². The molecular weight excluding hydrogens is 342 g/mol. The molecule has 3 rings (SSSR count). The molecule has 2 aromatic carbocycles. The summed E-state index contributed by atoms with van der Waals surface area (Å²) in [4.78, 5) is 24.7. The number of carbonyl (C=O) groups excluding carboxylic acids is 2. The smallest absolute Gasteiger partial charge is 0.269 e. The zero-order chi connectivity index (χ0) is 19.1. The third kappa shape index (κ3) is 4.53. The molecule has 1 heterocycles. The number of hydrogen-bond acceptors (Lipinski definition) is 4. The van der Waals surface area contributed by atoms with Gasteiger partial charge in [-0.15, -0.1) is 0 Å². The highest BCUT2D eigenvalue weighted by molar-refractivity contribution is 5.99. The predicted molar refractivity (Wildman–Crippen MR) is 101 cm³/mol. The zero-order valence-corrected chi connectivity index (χ0v) is 14.8. The molecule has 4 N–H and O–H groups in total. The van der Waals surface area contributed by atoms with E-state index in [4.69, 9.17) is 5.21 Å². The van der Waals surface area contributed by atoms with Crippen molar-refractivity contribution in [3.05, 3.63) is 71.3 Å². The van der Waals surface area contributed by atoms with Gasteiger partial charge in [0.1, 0.15) is 5.54 Å². The third-order valence-electron chi connectivity index (χ3n) is 4.62. The molecule has 27 heavy (non-hydrogen) atoms. The first kappa shape index (κ1) is 18.6. The minimum atomic E-state index is -1.11. The van der Waals surface area contributed by atoms with E-state index in [1.54, 1.807) is 29.7 Å².